The van der Waals surface area contributed by atoms with Crippen LogP contribution in [0, 0.1) is 13.8 Å². The first-order valence-corrected chi connectivity index (χ1v) is 7.02. The molecule has 2 aromatic rings. The molecule has 112 valence electrons. The van der Waals surface area contributed by atoms with Crippen molar-refractivity contribution in [2.75, 3.05) is 12.8 Å². The van der Waals surface area contributed by atoms with Crippen LogP contribution in [0.25, 0.3) is 0 Å². The molecule has 1 unspecified atom stereocenters. The third-order valence-electron chi connectivity index (χ3n) is 3.62. The standard InChI is InChI=1S/C16H20ClN3O/c1-9-7-15(21-3)10(2)6-13(9)16(20-19)12-5-4-11(17)8-14(12)18/h4-8,16,20H,18-19H2,1-3H3. The van der Waals surface area contributed by atoms with E-state index in [0.29, 0.717) is 10.7 Å². The molecule has 5 heteroatoms. The van der Waals surface area contributed by atoms with E-state index in [1.54, 1.807) is 13.2 Å². The van der Waals surface area contributed by atoms with Crippen LogP contribution in [0.4, 0.5) is 5.69 Å². The van der Waals surface area contributed by atoms with Crippen LogP contribution in [-0.4, -0.2) is 7.11 Å². The molecule has 0 aromatic heterocycles. The summed E-state index contributed by atoms with van der Waals surface area (Å²) in [5, 5.41) is 0.606. The smallest absolute Gasteiger partial charge is 0.122 e. The lowest BCUT2D eigenvalue weighted by atomic mass is 9.92. The Morgan fingerprint density at radius 1 is 1.10 bits per heavy atom. The number of nitrogens with two attached hydrogens (primary N) is 2. The fourth-order valence-corrected chi connectivity index (χ4v) is 2.68. The van der Waals surface area contributed by atoms with Crippen molar-refractivity contribution in [1.29, 1.82) is 0 Å². The lowest BCUT2D eigenvalue weighted by molar-refractivity contribution is 0.411. The first-order valence-electron chi connectivity index (χ1n) is 6.64. The second-order valence-electron chi connectivity index (χ2n) is 5.05. The molecule has 0 heterocycles. The Hall–Kier alpha value is -1.75. The Balaban J connectivity index is 2.53. The topological polar surface area (TPSA) is 73.3 Å². The number of hydrogen-bond acceptors (Lipinski definition) is 4. The van der Waals surface area contributed by atoms with E-state index in [-0.39, 0.29) is 6.04 Å². The minimum absolute atomic E-state index is 0.202. The van der Waals surface area contributed by atoms with Gasteiger partial charge < -0.3 is 10.5 Å². The second-order valence-corrected chi connectivity index (χ2v) is 5.49. The van der Waals surface area contributed by atoms with E-state index in [1.165, 1.54) is 0 Å². The summed E-state index contributed by atoms with van der Waals surface area (Å²) in [7, 11) is 1.66. The maximum absolute atomic E-state index is 6.07. The van der Waals surface area contributed by atoms with Gasteiger partial charge in [0, 0.05) is 10.7 Å². The molecule has 0 fully saturated rings. The van der Waals surface area contributed by atoms with Gasteiger partial charge in [0.05, 0.1) is 13.2 Å². The van der Waals surface area contributed by atoms with Crippen LogP contribution in [0.1, 0.15) is 28.3 Å². The van der Waals surface area contributed by atoms with Gasteiger partial charge in [0.1, 0.15) is 5.75 Å². The van der Waals surface area contributed by atoms with Gasteiger partial charge in [0.15, 0.2) is 0 Å². The number of nitrogens with one attached hydrogen (secondary N) is 1. The van der Waals surface area contributed by atoms with Crippen LogP contribution >= 0.6 is 11.6 Å². The van der Waals surface area contributed by atoms with Gasteiger partial charge in [-0.2, -0.15) is 0 Å². The Labute approximate surface area is 130 Å². The molecule has 0 aliphatic heterocycles. The molecule has 5 N–H and O–H groups in total. The van der Waals surface area contributed by atoms with E-state index >= 15 is 0 Å². The first-order chi connectivity index (χ1) is 9.97. The van der Waals surface area contributed by atoms with Gasteiger partial charge >= 0.3 is 0 Å². The highest BCUT2D eigenvalue weighted by Gasteiger charge is 2.18. The molecular formula is C16H20ClN3O. The normalized spacial score (nSPS) is 12.2. The molecule has 0 saturated heterocycles. The number of ether oxygens (including phenoxy) is 1. The molecule has 0 spiro atoms. The first kappa shape index (κ1) is 15.6. The van der Waals surface area contributed by atoms with E-state index in [2.05, 4.69) is 11.5 Å². The average molecular weight is 306 g/mol. The summed E-state index contributed by atoms with van der Waals surface area (Å²) >= 11 is 5.96. The quantitative estimate of drug-likeness (QED) is 0.461. The molecule has 2 rings (SSSR count). The van der Waals surface area contributed by atoms with Crippen LogP contribution < -0.4 is 21.7 Å². The van der Waals surface area contributed by atoms with Crippen molar-refractivity contribution < 1.29 is 4.74 Å². The maximum Gasteiger partial charge on any atom is 0.122 e. The van der Waals surface area contributed by atoms with Crippen LogP contribution in [0.15, 0.2) is 30.3 Å². The summed E-state index contributed by atoms with van der Waals surface area (Å²) in [4.78, 5) is 0. The van der Waals surface area contributed by atoms with Gasteiger partial charge in [-0.25, -0.2) is 5.43 Å². The maximum atomic E-state index is 6.07. The van der Waals surface area contributed by atoms with Gasteiger partial charge in [-0.15, -0.1) is 0 Å². The van der Waals surface area contributed by atoms with Crippen molar-refractivity contribution in [3.8, 4) is 5.75 Å². The zero-order valence-electron chi connectivity index (χ0n) is 12.4. The van der Waals surface area contributed by atoms with Crippen LogP contribution in [0.2, 0.25) is 5.02 Å². The average Bonchev–Trinajstić information content (AvgIpc) is 2.45. The number of methoxy groups -OCH3 is 1. The van der Waals surface area contributed by atoms with E-state index in [0.717, 1.165) is 28.0 Å². The molecule has 0 bridgehead atoms. The van der Waals surface area contributed by atoms with Crippen molar-refractivity contribution in [3.05, 3.63) is 57.6 Å². The Bertz CT molecular complexity index is 658. The van der Waals surface area contributed by atoms with Gasteiger partial charge in [-0.3, -0.25) is 5.84 Å². The largest absolute Gasteiger partial charge is 0.496 e. The fourth-order valence-electron chi connectivity index (χ4n) is 2.50. The third-order valence-corrected chi connectivity index (χ3v) is 3.86. The molecular weight excluding hydrogens is 286 g/mol. The van der Waals surface area contributed by atoms with E-state index in [1.807, 2.05) is 32.0 Å². The van der Waals surface area contributed by atoms with Crippen LogP contribution in [0.5, 0.6) is 5.75 Å². The van der Waals surface area contributed by atoms with Crippen molar-refractivity contribution in [2.24, 2.45) is 5.84 Å². The molecule has 0 amide bonds. The third kappa shape index (κ3) is 3.13. The second kappa shape index (κ2) is 6.35. The van der Waals surface area contributed by atoms with E-state index in [4.69, 9.17) is 27.9 Å². The summed E-state index contributed by atoms with van der Waals surface area (Å²) < 4.78 is 5.35. The Kier molecular flexibility index (Phi) is 4.73. The monoisotopic (exact) mass is 305 g/mol. The predicted molar refractivity (Wildman–Crippen MR) is 87.5 cm³/mol. The summed E-state index contributed by atoms with van der Waals surface area (Å²) in [5.74, 6) is 6.62. The number of anilines is 1. The minimum atomic E-state index is -0.202. The number of halogens is 1. The SMILES string of the molecule is COc1cc(C)c(C(NN)c2ccc(Cl)cc2N)cc1C. The lowest BCUT2D eigenvalue weighted by Gasteiger charge is -2.22. The van der Waals surface area contributed by atoms with Crippen molar-refractivity contribution in [1.82, 2.24) is 5.43 Å². The molecule has 4 nitrogen and oxygen atoms in total. The summed E-state index contributed by atoms with van der Waals surface area (Å²) in [6, 6.07) is 9.29. The molecule has 1 atom stereocenters. The Morgan fingerprint density at radius 3 is 2.38 bits per heavy atom. The molecule has 0 aliphatic rings. The number of hydrazine groups is 1. The van der Waals surface area contributed by atoms with Crippen LogP contribution in [0.3, 0.4) is 0 Å². The minimum Gasteiger partial charge on any atom is -0.496 e. The number of benzene rings is 2. The fraction of sp³-hybridized carbons (Fsp3) is 0.250. The highest BCUT2D eigenvalue weighted by atomic mass is 35.5. The van der Waals surface area contributed by atoms with Crippen molar-refractivity contribution in [3.63, 3.8) is 0 Å². The Morgan fingerprint density at radius 2 is 1.81 bits per heavy atom. The molecule has 2 aromatic carbocycles. The van der Waals surface area contributed by atoms with Crippen LogP contribution in [-0.2, 0) is 0 Å². The van der Waals surface area contributed by atoms with E-state index < -0.39 is 0 Å². The lowest BCUT2D eigenvalue weighted by Crippen LogP contribution is -2.30. The summed E-state index contributed by atoms with van der Waals surface area (Å²) in [6.07, 6.45) is 0. The van der Waals surface area contributed by atoms with Gasteiger partial charge in [0.25, 0.3) is 0 Å². The zero-order valence-corrected chi connectivity index (χ0v) is 13.2. The zero-order chi connectivity index (χ0) is 15.6. The highest BCUT2D eigenvalue weighted by molar-refractivity contribution is 6.30. The molecule has 0 radical (unpaired) electrons. The summed E-state index contributed by atoms with van der Waals surface area (Å²) in [5.41, 5.74) is 13.6. The van der Waals surface area contributed by atoms with Crippen molar-refractivity contribution >= 4 is 17.3 Å². The number of hydrogen-bond donors (Lipinski definition) is 3. The molecule has 21 heavy (non-hydrogen) atoms. The number of rotatable bonds is 4. The van der Waals surface area contributed by atoms with Gasteiger partial charge in [-0.1, -0.05) is 23.7 Å². The van der Waals surface area contributed by atoms with Gasteiger partial charge in [-0.05, 0) is 54.3 Å². The van der Waals surface area contributed by atoms with Crippen molar-refractivity contribution in [2.45, 2.75) is 19.9 Å². The predicted octanol–water partition coefficient (Wildman–Crippen LogP) is 3.10. The molecule has 0 aliphatic carbocycles. The highest BCUT2D eigenvalue weighted by Crippen LogP contribution is 2.33. The number of nitrogen functional groups attached to an aromatic ring is 1. The van der Waals surface area contributed by atoms with E-state index in [9.17, 15) is 0 Å². The number of aryl methyl sites for hydroxylation is 2. The molecule has 0 saturated carbocycles. The van der Waals surface area contributed by atoms with Gasteiger partial charge in [0.2, 0.25) is 0 Å². The summed E-state index contributed by atoms with van der Waals surface area (Å²) in [6.45, 7) is 4.02.